The molecule has 0 aliphatic heterocycles. The van der Waals surface area contributed by atoms with Crippen molar-refractivity contribution in [1.82, 2.24) is 19.5 Å². The first-order chi connectivity index (χ1) is 5.70. The van der Waals surface area contributed by atoms with Crippen LogP contribution in [0.3, 0.4) is 0 Å². The van der Waals surface area contributed by atoms with Crippen molar-refractivity contribution in [3.8, 4) is 0 Å². The number of aromatic nitrogens is 4. The summed E-state index contributed by atoms with van der Waals surface area (Å²) >= 11 is 0. The van der Waals surface area contributed by atoms with Crippen LogP contribution < -0.4 is 5.56 Å². The molecule has 0 radical (unpaired) electrons. The maximum atomic E-state index is 11.2. The van der Waals surface area contributed by atoms with E-state index in [-0.39, 0.29) is 5.56 Å². The van der Waals surface area contributed by atoms with Crippen molar-refractivity contribution in [3.05, 3.63) is 22.5 Å². The lowest BCUT2D eigenvalue weighted by atomic mass is 10.5. The fourth-order valence-electron chi connectivity index (χ4n) is 1.12. The van der Waals surface area contributed by atoms with E-state index in [1.807, 2.05) is 14.0 Å². The second kappa shape index (κ2) is 2.17. The minimum Gasteiger partial charge on any atom is -0.316 e. The maximum absolute atomic E-state index is 11.2. The Kier molecular flexibility index (Phi) is 1.27. The summed E-state index contributed by atoms with van der Waals surface area (Å²) in [6.07, 6.45) is 1.38. The van der Waals surface area contributed by atoms with Gasteiger partial charge in [0.1, 0.15) is 5.82 Å². The molecule has 62 valence electrons. The maximum Gasteiger partial charge on any atom is 0.278 e. The Morgan fingerprint density at radius 1 is 1.58 bits per heavy atom. The highest BCUT2D eigenvalue weighted by Crippen LogP contribution is 2.04. The second-order valence-electron chi connectivity index (χ2n) is 2.62. The lowest BCUT2D eigenvalue weighted by molar-refractivity contribution is 0.872. The number of nitrogens with one attached hydrogen (secondary N) is 1. The molecule has 12 heavy (non-hydrogen) atoms. The molecule has 0 atom stereocenters. The molecule has 0 saturated heterocycles. The highest BCUT2D eigenvalue weighted by Gasteiger charge is 2.06. The average molecular weight is 164 g/mol. The van der Waals surface area contributed by atoms with Gasteiger partial charge in [-0.1, -0.05) is 0 Å². The van der Waals surface area contributed by atoms with E-state index in [4.69, 9.17) is 0 Å². The summed E-state index contributed by atoms with van der Waals surface area (Å²) in [5, 5.41) is 0. The lowest BCUT2D eigenvalue weighted by Crippen LogP contribution is -2.06. The molecule has 2 aromatic heterocycles. The Balaban J connectivity index is 3.05. The van der Waals surface area contributed by atoms with Crippen molar-refractivity contribution >= 4 is 11.2 Å². The molecule has 0 spiro atoms. The van der Waals surface area contributed by atoms with Crippen molar-refractivity contribution in [2.45, 2.75) is 6.92 Å². The molecule has 0 aromatic carbocycles. The number of nitrogens with zero attached hydrogens (tertiary/aromatic N) is 3. The molecule has 2 aromatic rings. The zero-order chi connectivity index (χ0) is 8.72. The van der Waals surface area contributed by atoms with Crippen LogP contribution in [0.15, 0.2) is 11.1 Å². The predicted molar refractivity (Wildman–Crippen MR) is 43.9 cm³/mol. The molecule has 0 bridgehead atoms. The van der Waals surface area contributed by atoms with E-state index in [2.05, 4.69) is 15.0 Å². The van der Waals surface area contributed by atoms with Crippen molar-refractivity contribution in [2.24, 2.45) is 7.05 Å². The molecule has 0 unspecified atom stereocenters. The summed E-state index contributed by atoms with van der Waals surface area (Å²) in [4.78, 5) is 21.7. The van der Waals surface area contributed by atoms with E-state index in [1.165, 1.54) is 6.33 Å². The summed E-state index contributed by atoms with van der Waals surface area (Å²) in [7, 11) is 1.83. The van der Waals surface area contributed by atoms with E-state index in [1.54, 1.807) is 4.57 Å². The molecule has 2 rings (SSSR count). The van der Waals surface area contributed by atoms with Gasteiger partial charge in [-0.05, 0) is 6.92 Å². The Bertz CT molecular complexity index is 482. The van der Waals surface area contributed by atoms with Gasteiger partial charge in [0.25, 0.3) is 5.56 Å². The van der Waals surface area contributed by atoms with Crippen molar-refractivity contribution in [3.63, 3.8) is 0 Å². The summed E-state index contributed by atoms with van der Waals surface area (Å²) in [6, 6.07) is 0. The third-order valence-electron chi connectivity index (χ3n) is 1.89. The predicted octanol–water partition coefficient (Wildman–Crippen LogP) is -0.0350. The molecule has 0 saturated carbocycles. The van der Waals surface area contributed by atoms with Crippen molar-refractivity contribution in [2.75, 3.05) is 0 Å². The summed E-state index contributed by atoms with van der Waals surface area (Å²) < 4.78 is 1.78. The summed E-state index contributed by atoms with van der Waals surface area (Å²) in [5.74, 6) is 0.786. The van der Waals surface area contributed by atoms with E-state index in [9.17, 15) is 4.79 Å². The van der Waals surface area contributed by atoms with Crippen LogP contribution in [0.5, 0.6) is 0 Å². The topological polar surface area (TPSA) is 63.6 Å². The number of hydrogen-bond acceptors (Lipinski definition) is 3. The zero-order valence-electron chi connectivity index (χ0n) is 6.83. The van der Waals surface area contributed by atoms with Crippen LogP contribution in [0, 0.1) is 6.92 Å². The third kappa shape index (κ3) is 0.761. The fraction of sp³-hybridized carbons (Fsp3) is 0.286. The fourth-order valence-corrected chi connectivity index (χ4v) is 1.12. The molecule has 0 aliphatic carbocycles. The van der Waals surface area contributed by atoms with Crippen LogP contribution in [-0.4, -0.2) is 19.5 Å². The van der Waals surface area contributed by atoms with Gasteiger partial charge in [-0.25, -0.2) is 9.97 Å². The van der Waals surface area contributed by atoms with Gasteiger partial charge >= 0.3 is 0 Å². The van der Waals surface area contributed by atoms with E-state index < -0.39 is 0 Å². The lowest BCUT2D eigenvalue weighted by Gasteiger charge is -1.92. The standard InChI is InChI=1S/C7H8N4O/c1-4-10-5-6(11(4)2)8-3-9-7(5)12/h3H,1-2H3,(H,8,9,12). The van der Waals surface area contributed by atoms with E-state index >= 15 is 0 Å². The summed E-state index contributed by atoms with van der Waals surface area (Å²) in [6.45, 7) is 1.83. The largest absolute Gasteiger partial charge is 0.316 e. The van der Waals surface area contributed by atoms with E-state index in [0.29, 0.717) is 11.2 Å². The third-order valence-corrected chi connectivity index (χ3v) is 1.89. The van der Waals surface area contributed by atoms with Gasteiger partial charge in [-0.2, -0.15) is 0 Å². The Morgan fingerprint density at radius 2 is 2.33 bits per heavy atom. The number of aryl methyl sites for hydroxylation is 2. The van der Waals surface area contributed by atoms with Crippen LogP contribution in [-0.2, 0) is 7.05 Å². The first-order valence-electron chi connectivity index (χ1n) is 3.57. The first-order valence-corrected chi connectivity index (χ1v) is 3.57. The zero-order valence-corrected chi connectivity index (χ0v) is 6.83. The van der Waals surface area contributed by atoms with Gasteiger partial charge < -0.3 is 9.55 Å². The van der Waals surface area contributed by atoms with Gasteiger partial charge in [-0.15, -0.1) is 0 Å². The molecule has 0 fully saturated rings. The number of fused-ring (bicyclic) bond motifs is 1. The van der Waals surface area contributed by atoms with Crippen LogP contribution in [0.4, 0.5) is 0 Å². The molecule has 0 amide bonds. The van der Waals surface area contributed by atoms with Crippen LogP contribution in [0.1, 0.15) is 5.82 Å². The highest BCUT2D eigenvalue weighted by molar-refractivity contribution is 5.69. The summed E-state index contributed by atoms with van der Waals surface area (Å²) in [5.41, 5.74) is 0.831. The van der Waals surface area contributed by atoms with Crippen LogP contribution >= 0.6 is 0 Å². The Labute approximate surface area is 68.1 Å². The molecule has 5 nitrogen and oxygen atoms in total. The van der Waals surface area contributed by atoms with E-state index in [0.717, 1.165) is 5.82 Å². The SMILES string of the molecule is Cc1nc2c(=O)[nH]cnc2n1C. The minimum atomic E-state index is -0.191. The number of imidazole rings is 1. The van der Waals surface area contributed by atoms with Crippen molar-refractivity contribution in [1.29, 1.82) is 0 Å². The van der Waals surface area contributed by atoms with Gasteiger partial charge in [0, 0.05) is 7.05 Å². The van der Waals surface area contributed by atoms with Gasteiger partial charge in [0.15, 0.2) is 11.2 Å². The molecular formula is C7H8N4O. The van der Waals surface area contributed by atoms with Crippen LogP contribution in [0.2, 0.25) is 0 Å². The molecular weight excluding hydrogens is 156 g/mol. The molecule has 5 heteroatoms. The minimum absolute atomic E-state index is 0.191. The highest BCUT2D eigenvalue weighted by atomic mass is 16.1. The number of rotatable bonds is 0. The Morgan fingerprint density at radius 3 is 3.00 bits per heavy atom. The normalized spacial score (nSPS) is 10.8. The molecule has 2 heterocycles. The number of aromatic amines is 1. The average Bonchev–Trinajstić information content (AvgIpc) is 2.32. The Hall–Kier alpha value is -1.65. The first kappa shape index (κ1) is 7.02. The smallest absolute Gasteiger partial charge is 0.278 e. The molecule has 1 N–H and O–H groups in total. The number of hydrogen-bond donors (Lipinski definition) is 1. The van der Waals surface area contributed by atoms with Crippen LogP contribution in [0.25, 0.3) is 11.2 Å². The van der Waals surface area contributed by atoms with Gasteiger partial charge in [0.2, 0.25) is 0 Å². The van der Waals surface area contributed by atoms with Gasteiger partial charge in [-0.3, -0.25) is 4.79 Å². The molecule has 0 aliphatic rings. The van der Waals surface area contributed by atoms with Gasteiger partial charge in [0.05, 0.1) is 6.33 Å². The number of H-pyrrole nitrogens is 1. The monoisotopic (exact) mass is 164 g/mol. The van der Waals surface area contributed by atoms with Crippen molar-refractivity contribution < 1.29 is 0 Å². The second-order valence-corrected chi connectivity index (χ2v) is 2.62. The quantitative estimate of drug-likeness (QED) is 0.594.